The van der Waals surface area contributed by atoms with Crippen molar-refractivity contribution in [3.05, 3.63) is 33.1 Å². The molecule has 1 aromatic rings. The Balaban J connectivity index is 2.60. The highest BCUT2D eigenvalue weighted by molar-refractivity contribution is 6.74. The first-order chi connectivity index (χ1) is 16.5. The lowest BCUT2D eigenvalue weighted by atomic mass is 9.97. The summed E-state index contributed by atoms with van der Waals surface area (Å²) in [6.45, 7) is 27.0. The molecule has 1 aliphatic rings. The third-order valence-corrected chi connectivity index (χ3v) is 16.9. The predicted octanol–water partition coefficient (Wildman–Crippen LogP) is 4.80. The van der Waals surface area contributed by atoms with Gasteiger partial charge in [-0.25, -0.2) is 4.79 Å². The van der Waals surface area contributed by atoms with Gasteiger partial charge in [0.1, 0.15) is 12.2 Å². The van der Waals surface area contributed by atoms with Gasteiger partial charge in [-0.05, 0) is 57.0 Å². The summed E-state index contributed by atoms with van der Waals surface area (Å²) in [6, 6.07) is 1.25. The van der Waals surface area contributed by atoms with Crippen LogP contribution in [0.2, 0.25) is 36.3 Å². The maximum atomic E-state index is 13.1. The molecule has 11 heteroatoms. The second-order valence-corrected chi connectivity index (χ2v) is 23.7. The molecule has 1 saturated heterocycles. The Morgan fingerprint density at radius 3 is 1.95 bits per heavy atom. The summed E-state index contributed by atoms with van der Waals surface area (Å²) in [7, 11) is -4.52. The van der Waals surface area contributed by atoms with E-state index in [0.717, 1.165) is 0 Å². The van der Waals surface area contributed by atoms with E-state index in [1.165, 1.54) is 16.8 Å². The van der Waals surface area contributed by atoms with Gasteiger partial charge in [-0.3, -0.25) is 19.1 Å². The van der Waals surface area contributed by atoms with E-state index in [1.54, 1.807) is 20.8 Å². The fourth-order valence-corrected chi connectivity index (χ4v) is 5.62. The van der Waals surface area contributed by atoms with Crippen LogP contribution in [-0.2, 0) is 23.1 Å². The van der Waals surface area contributed by atoms with Gasteiger partial charge in [0.15, 0.2) is 29.0 Å². The zero-order chi connectivity index (χ0) is 28.8. The summed E-state index contributed by atoms with van der Waals surface area (Å²) in [5.41, 5.74) is -1.95. The van der Waals surface area contributed by atoms with Crippen molar-refractivity contribution in [1.29, 1.82) is 0 Å². The summed E-state index contributed by atoms with van der Waals surface area (Å²) in [5, 5.41) is -0.141. The van der Waals surface area contributed by atoms with E-state index in [2.05, 4.69) is 72.7 Å². The van der Waals surface area contributed by atoms with Gasteiger partial charge in [0.25, 0.3) is 5.56 Å². The van der Waals surface area contributed by atoms with Crippen LogP contribution in [0, 0.1) is 5.41 Å². The van der Waals surface area contributed by atoms with Crippen LogP contribution in [0.25, 0.3) is 0 Å². The number of rotatable bonds is 7. The number of H-pyrrole nitrogens is 1. The van der Waals surface area contributed by atoms with E-state index in [1.807, 2.05) is 0 Å². The molecule has 4 atom stereocenters. The molecule has 1 N–H and O–H groups in total. The van der Waals surface area contributed by atoms with E-state index >= 15 is 0 Å². The van der Waals surface area contributed by atoms with Crippen LogP contribution >= 0.6 is 0 Å². The van der Waals surface area contributed by atoms with Crippen LogP contribution in [0.3, 0.4) is 0 Å². The second kappa shape index (κ2) is 10.6. The molecule has 2 heterocycles. The zero-order valence-corrected chi connectivity index (χ0v) is 27.0. The van der Waals surface area contributed by atoms with Gasteiger partial charge in [0, 0.05) is 12.3 Å². The van der Waals surface area contributed by atoms with Crippen molar-refractivity contribution >= 4 is 22.6 Å². The highest BCUT2D eigenvalue weighted by atomic mass is 28.4. The SMILES string of the molecule is CC(C)(C)C(=O)O[C@@H]1[C@H](O[Si](C)(C)C(C)(C)C)[C@@H](CO[Si](C)(C)C(C)(C)C)O[C@H]1n1ccc(=O)[nH]c1=O. The molecule has 0 saturated carbocycles. The van der Waals surface area contributed by atoms with Crippen LogP contribution in [0.15, 0.2) is 21.9 Å². The highest BCUT2D eigenvalue weighted by Crippen LogP contribution is 2.43. The van der Waals surface area contributed by atoms with Crippen molar-refractivity contribution < 1.29 is 23.1 Å². The fraction of sp³-hybridized carbons (Fsp3) is 0.808. The van der Waals surface area contributed by atoms with E-state index < -0.39 is 63.8 Å². The molecule has 9 nitrogen and oxygen atoms in total. The van der Waals surface area contributed by atoms with E-state index in [0.29, 0.717) is 0 Å². The standard InChI is InChI=1S/C26H48N2O7Si2/c1-24(2,3)22(30)34-20-19(35-37(12,13)26(7,8)9)17(16-32-36(10,11)25(4,5)6)33-21(20)28-15-14-18(29)27-23(28)31/h14-15,17,19-21H,16H2,1-13H3,(H,27,29,31)/t17-,19-,20-,21-/m1/s1. The number of nitrogens with one attached hydrogen (secondary N) is 1. The molecule has 1 fully saturated rings. The van der Waals surface area contributed by atoms with Crippen LogP contribution in [0.5, 0.6) is 0 Å². The smallest absolute Gasteiger partial charge is 0.330 e. The molecule has 0 spiro atoms. The maximum Gasteiger partial charge on any atom is 0.330 e. The second-order valence-electron chi connectivity index (χ2n) is 14.1. The van der Waals surface area contributed by atoms with Crippen molar-refractivity contribution in [2.24, 2.45) is 5.41 Å². The van der Waals surface area contributed by atoms with E-state index in [9.17, 15) is 14.4 Å². The normalized spacial score (nSPS) is 23.8. The van der Waals surface area contributed by atoms with Gasteiger partial charge < -0.3 is 18.3 Å². The number of aromatic amines is 1. The number of hydrogen-bond acceptors (Lipinski definition) is 7. The van der Waals surface area contributed by atoms with Crippen molar-refractivity contribution in [3.63, 3.8) is 0 Å². The van der Waals surface area contributed by atoms with Crippen LogP contribution in [0.1, 0.15) is 68.5 Å². The Bertz CT molecular complexity index is 1070. The van der Waals surface area contributed by atoms with Gasteiger partial charge in [0.2, 0.25) is 0 Å². The summed E-state index contributed by atoms with van der Waals surface area (Å²) >= 11 is 0. The average molecular weight is 557 g/mol. The highest BCUT2D eigenvalue weighted by Gasteiger charge is 2.54. The lowest BCUT2D eigenvalue weighted by Crippen LogP contribution is -2.52. The number of nitrogens with zero attached hydrogens (tertiary/aromatic N) is 1. The van der Waals surface area contributed by atoms with Gasteiger partial charge in [-0.15, -0.1) is 0 Å². The number of hydrogen-bond donors (Lipinski definition) is 1. The van der Waals surface area contributed by atoms with Gasteiger partial charge >= 0.3 is 11.7 Å². The molecule has 0 aliphatic carbocycles. The van der Waals surface area contributed by atoms with E-state index in [-0.39, 0.29) is 16.7 Å². The molecular weight excluding hydrogens is 508 g/mol. The lowest BCUT2D eigenvalue weighted by molar-refractivity contribution is -0.167. The largest absolute Gasteiger partial charge is 0.454 e. The Kier molecular flexibility index (Phi) is 9.04. The first kappa shape index (κ1) is 31.7. The van der Waals surface area contributed by atoms with Crippen LogP contribution in [0.4, 0.5) is 0 Å². The fourth-order valence-electron chi connectivity index (χ4n) is 3.29. The van der Waals surface area contributed by atoms with Crippen molar-refractivity contribution in [1.82, 2.24) is 9.55 Å². The summed E-state index contributed by atoms with van der Waals surface area (Å²) < 4.78 is 27.1. The summed E-state index contributed by atoms with van der Waals surface area (Å²) in [5.74, 6) is -0.432. The summed E-state index contributed by atoms with van der Waals surface area (Å²) in [4.78, 5) is 39.9. The number of aromatic nitrogens is 2. The van der Waals surface area contributed by atoms with Gasteiger partial charge in [0.05, 0.1) is 12.0 Å². The summed E-state index contributed by atoms with van der Waals surface area (Å²) in [6.07, 6.45) is -1.80. The van der Waals surface area contributed by atoms with Crippen LogP contribution in [-0.4, -0.2) is 57.1 Å². The quantitative estimate of drug-likeness (QED) is 0.379. The zero-order valence-electron chi connectivity index (χ0n) is 25.0. The molecule has 0 amide bonds. The lowest BCUT2D eigenvalue weighted by Gasteiger charge is -2.41. The van der Waals surface area contributed by atoms with Gasteiger partial charge in [-0.2, -0.15) is 0 Å². The van der Waals surface area contributed by atoms with E-state index in [4.69, 9.17) is 18.3 Å². The third-order valence-electron chi connectivity index (χ3n) is 7.92. The molecule has 1 aliphatic heterocycles. The minimum atomic E-state index is -2.38. The number of ether oxygens (including phenoxy) is 2. The first-order valence-electron chi connectivity index (χ1n) is 13.0. The minimum Gasteiger partial charge on any atom is -0.454 e. The molecule has 1 aromatic heterocycles. The van der Waals surface area contributed by atoms with Crippen molar-refractivity contribution in [2.75, 3.05) is 6.61 Å². The molecule has 212 valence electrons. The monoisotopic (exact) mass is 556 g/mol. The predicted molar refractivity (Wildman–Crippen MR) is 150 cm³/mol. The first-order valence-corrected chi connectivity index (χ1v) is 18.8. The van der Waals surface area contributed by atoms with Crippen molar-refractivity contribution in [2.45, 2.75) is 123 Å². The minimum absolute atomic E-state index is 0.0191. The molecule has 0 aromatic carbocycles. The Morgan fingerprint density at radius 1 is 0.946 bits per heavy atom. The molecule has 0 bridgehead atoms. The molecule has 0 unspecified atom stereocenters. The number of carbonyl (C=O) groups excluding carboxylic acids is 1. The molecular formula is C26H48N2O7Si2. The van der Waals surface area contributed by atoms with Crippen molar-refractivity contribution in [3.8, 4) is 0 Å². The van der Waals surface area contributed by atoms with Crippen LogP contribution < -0.4 is 11.2 Å². The van der Waals surface area contributed by atoms with Gasteiger partial charge in [-0.1, -0.05) is 41.5 Å². The Labute approximate surface area is 223 Å². The average Bonchev–Trinajstić information content (AvgIpc) is 3.00. The molecule has 0 radical (unpaired) electrons. The number of esters is 1. The number of carbonyl (C=O) groups is 1. The third kappa shape index (κ3) is 7.32. The Hall–Kier alpha value is -1.54. The maximum absolute atomic E-state index is 13.1. The molecule has 2 rings (SSSR count). The molecule has 37 heavy (non-hydrogen) atoms. The Morgan fingerprint density at radius 2 is 1.49 bits per heavy atom. The topological polar surface area (TPSA) is 109 Å².